The first kappa shape index (κ1) is 11.8. The molecule has 1 aliphatic rings. The molecule has 0 amide bonds. The minimum Gasteiger partial charge on any atom is -0.496 e. The fourth-order valence-corrected chi connectivity index (χ4v) is 3.42. The van der Waals surface area contributed by atoms with Gasteiger partial charge in [0.05, 0.1) is 11.4 Å². The lowest BCUT2D eigenvalue weighted by atomic mass is 10.0. The molecule has 3 rings (SSSR count). The zero-order valence-electron chi connectivity index (χ0n) is 10.3. The third kappa shape index (κ3) is 1.85. The molecular weight excluding hydrogens is 288 g/mol. The van der Waals surface area contributed by atoms with Crippen LogP contribution in [0.1, 0.15) is 23.5 Å². The van der Waals surface area contributed by atoms with Crippen LogP contribution in [0.2, 0.25) is 0 Å². The third-order valence-electron chi connectivity index (χ3n) is 3.66. The topological polar surface area (TPSA) is 9.23 Å². The lowest BCUT2D eigenvalue weighted by Crippen LogP contribution is -2.00. The summed E-state index contributed by atoms with van der Waals surface area (Å²) in [7, 11) is 1.74. The average molecular weight is 303 g/mol. The molecular formula is C16H15BrO. The van der Waals surface area contributed by atoms with E-state index in [4.69, 9.17) is 4.74 Å². The molecule has 2 heteroatoms. The summed E-state index contributed by atoms with van der Waals surface area (Å²) in [6, 6.07) is 18.9. The fourth-order valence-electron chi connectivity index (χ4n) is 2.58. The van der Waals surface area contributed by atoms with Crippen molar-refractivity contribution >= 4 is 15.9 Å². The van der Waals surface area contributed by atoms with Crippen LogP contribution in [0.5, 0.6) is 5.75 Å². The number of methoxy groups -OCH3 is 1. The molecule has 0 N–H and O–H groups in total. The molecule has 0 radical (unpaired) electrons. The van der Waals surface area contributed by atoms with Gasteiger partial charge in [0, 0.05) is 5.92 Å². The van der Waals surface area contributed by atoms with Crippen LogP contribution < -0.4 is 4.74 Å². The molecule has 1 aliphatic carbocycles. The maximum Gasteiger partial charge on any atom is 0.122 e. The fraction of sp³-hybridized carbons (Fsp3) is 0.250. The van der Waals surface area contributed by atoms with Gasteiger partial charge in [0.15, 0.2) is 0 Å². The molecule has 0 saturated heterocycles. The van der Waals surface area contributed by atoms with Crippen LogP contribution in [-0.4, -0.2) is 7.11 Å². The Balaban J connectivity index is 1.94. The monoisotopic (exact) mass is 302 g/mol. The lowest BCUT2D eigenvalue weighted by Gasteiger charge is -2.12. The minimum absolute atomic E-state index is 0.0862. The Hall–Kier alpha value is -1.28. The third-order valence-corrected chi connectivity index (χ3v) is 5.00. The normalized spacial score (nSPS) is 25.8. The van der Waals surface area contributed by atoms with E-state index in [-0.39, 0.29) is 4.32 Å². The molecule has 0 bridgehead atoms. The van der Waals surface area contributed by atoms with Gasteiger partial charge in [-0.1, -0.05) is 64.5 Å². The highest BCUT2D eigenvalue weighted by atomic mass is 79.9. The first-order valence-electron chi connectivity index (χ1n) is 6.13. The van der Waals surface area contributed by atoms with E-state index in [0.29, 0.717) is 5.92 Å². The Morgan fingerprint density at radius 3 is 2.44 bits per heavy atom. The van der Waals surface area contributed by atoms with Crippen LogP contribution in [0.25, 0.3) is 0 Å². The average Bonchev–Trinajstić information content (AvgIpc) is 3.13. The minimum atomic E-state index is 0.0862. The highest BCUT2D eigenvalue weighted by molar-refractivity contribution is 9.09. The summed E-state index contributed by atoms with van der Waals surface area (Å²) in [4.78, 5) is 0. The van der Waals surface area contributed by atoms with Crippen LogP contribution in [0.15, 0.2) is 54.6 Å². The predicted molar refractivity (Wildman–Crippen MR) is 77.4 cm³/mol. The van der Waals surface area contributed by atoms with Crippen molar-refractivity contribution in [2.24, 2.45) is 0 Å². The van der Waals surface area contributed by atoms with Gasteiger partial charge in [0.1, 0.15) is 5.75 Å². The van der Waals surface area contributed by atoms with E-state index in [1.54, 1.807) is 7.11 Å². The largest absolute Gasteiger partial charge is 0.496 e. The van der Waals surface area contributed by atoms with Gasteiger partial charge in [-0.25, -0.2) is 0 Å². The van der Waals surface area contributed by atoms with Crippen molar-refractivity contribution in [2.45, 2.75) is 16.7 Å². The first-order chi connectivity index (χ1) is 8.75. The molecule has 1 saturated carbocycles. The maximum atomic E-state index is 5.45. The molecule has 18 heavy (non-hydrogen) atoms. The van der Waals surface area contributed by atoms with Crippen molar-refractivity contribution in [3.05, 3.63) is 65.7 Å². The molecule has 1 fully saturated rings. The molecule has 2 aromatic carbocycles. The second kappa shape index (κ2) is 4.43. The summed E-state index contributed by atoms with van der Waals surface area (Å²) >= 11 is 3.91. The molecule has 0 aliphatic heterocycles. The van der Waals surface area contributed by atoms with Crippen molar-refractivity contribution < 1.29 is 4.74 Å². The Labute approximate surface area is 116 Å². The van der Waals surface area contributed by atoms with Gasteiger partial charge in [-0.05, 0) is 23.6 Å². The molecule has 92 valence electrons. The highest BCUT2D eigenvalue weighted by Gasteiger charge is 2.54. The standard InChI is InChI=1S/C16H15BrO/c1-18-15-10-6-5-9-13(15)14-11-16(14,17)12-7-3-2-4-8-12/h2-10,14H,11H2,1H3/t14-,16+/m0/s1. The van der Waals surface area contributed by atoms with Crippen molar-refractivity contribution in [1.29, 1.82) is 0 Å². The lowest BCUT2D eigenvalue weighted by molar-refractivity contribution is 0.409. The second-order valence-corrected chi connectivity index (χ2v) is 6.14. The number of rotatable bonds is 3. The van der Waals surface area contributed by atoms with Crippen molar-refractivity contribution in [1.82, 2.24) is 0 Å². The quantitative estimate of drug-likeness (QED) is 0.760. The summed E-state index contributed by atoms with van der Waals surface area (Å²) in [6.07, 6.45) is 1.12. The molecule has 2 atom stereocenters. The molecule has 2 aromatic rings. The number of hydrogen-bond acceptors (Lipinski definition) is 1. The highest BCUT2D eigenvalue weighted by Crippen LogP contribution is 2.65. The zero-order valence-corrected chi connectivity index (χ0v) is 11.9. The molecule has 0 spiro atoms. The van der Waals surface area contributed by atoms with Crippen LogP contribution >= 0.6 is 15.9 Å². The van der Waals surface area contributed by atoms with Crippen molar-refractivity contribution in [3.8, 4) is 5.75 Å². The molecule has 0 unspecified atom stereocenters. The van der Waals surface area contributed by atoms with E-state index >= 15 is 0 Å². The van der Waals surface area contributed by atoms with E-state index in [2.05, 4.69) is 58.4 Å². The zero-order chi connectivity index (χ0) is 12.6. The Morgan fingerprint density at radius 2 is 1.72 bits per heavy atom. The van der Waals surface area contributed by atoms with Gasteiger partial charge < -0.3 is 4.74 Å². The van der Waals surface area contributed by atoms with Gasteiger partial charge >= 0.3 is 0 Å². The predicted octanol–water partition coefficient (Wildman–Crippen LogP) is 4.47. The van der Waals surface area contributed by atoms with Gasteiger partial charge in [-0.15, -0.1) is 0 Å². The number of para-hydroxylation sites is 1. The van der Waals surface area contributed by atoms with Gasteiger partial charge in [-0.2, -0.15) is 0 Å². The van der Waals surface area contributed by atoms with Gasteiger partial charge in [-0.3, -0.25) is 0 Å². The van der Waals surface area contributed by atoms with Crippen LogP contribution in [0.3, 0.4) is 0 Å². The Kier molecular flexibility index (Phi) is 2.90. The summed E-state index contributed by atoms with van der Waals surface area (Å²) in [5, 5.41) is 0. The van der Waals surface area contributed by atoms with E-state index in [0.717, 1.165) is 12.2 Å². The summed E-state index contributed by atoms with van der Waals surface area (Å²) in [5.41, 5.74) is 2.64. The molecule has 0 aromatic heterocycles. The number of ether oxygens (including phenoxy) is 1. The molecule has 0 heterocycles. The maximum absolute atomic E-state index is 5.45. The summed E-state index contributed by atoms with van der Waals surface area (Å²) in [6.45, 7) is 0. The van der Waals surface area contributed by atoms with Crippen LogP contribution in [-0.2, 0) is 4.32 Å². The number of benzene rings is 2. The Bertz CT molecular complexity index is 552. The van der Waals surface area contributed by atoms with Gasteiger partial charge in [0.25, 0.3) is 0 Å². The first-order valence-corrected chi connectivity index (χ1v) is 6.92. The van der Waals surface area contributed by atoms with E-state index < -0.39 is 0 Å². The van der Waals surface area contributed by atoms with Crippen LogP contribution in [0.4, 0.5) is 0 Å². The van der Waals surface area contributed by atoms with E-state index in [1.807, 2.05) is 12.1 Å². The van der Waals surface area contributed by atoms with E-state index in [1.165, 1.54) is 11.1 Å². The molecule has 1 nitrogen and oxygen atoms in total. The Morgan fingerprint density at radius 1 is 1.06 bits per heavy atom. The van der Waals surface area contributed by atoms with E-state index in [9.17, 15) is 0 Å². The second-order valence-electron chi connectivity index (χ2n) is 4.73. The number of hydrogen-bond donors (Lipinski definition) is 0. The van der Waals surface area contributed by atoms with Crippen LogP contribution in [0, 0.1) is 0 Å². The van der Waals surface area contributed by atoms with Gasteiger partial charge in [0.2, 0.25) is 0 Å². The smallest absolute Gasteiger partial charge is 0.122 e. The summed E-state index contributed by atoms with van der Waals surface area (Å²) in [5.74, 6) is 1.48. The SMILES string of the molecule is COc1ccccc1[C@@H]1C[C@@]1(Br)c1ccccc1. The number of alkyl halides is 1. The number of halogens is 1. The van der Waals surface area contributed by atoms with Crippen molar-refractivity contribution in [3.63, 3.8) is 0 Å². The van der Waals surface area contributed by atoms with Crippen molar-refractivity contribution in [2.75, 3.05) is 7.11 Å². The summed E-state index contributed by atoms with van der Waals surface area (Å²) < 4.78 is 5.54.